The van der Waals surface area contributed by atoms with Gasteiger partial charge in [0.2, 0.25) is 0 Å². The summed E-state index contributed by atoms with van der Waals surface area (Å²) in [6.07, 6.45) is 1.78. The predicted octanol–water partition coefficient (Wildman–Crippen LogP) is 3.66. The minimum atomic E-state index is -0.366. The first kappa shape index (κ1) is 21.7. The molecule has 2 amide bonds. The molecule has 1 aromatic heterocycles. The molecule has 2 aromatic carbocycles. The Bertz CT molecular complexity index is 1130. The van der Waals surface area contributed by atoms with Crippen molar-refractivity contribution in [2.75, 3.05) is 18.4 Å². The minimum absolute atomic E-state index is 0.114. The van der Waals surface area contributed by atoms with Gasteiger partial charge in [0.05, 0.1) is 11.6 Å². The number of carbonyl (C=O) groups excluding carboxylic acids is 2. The van der Waals surface area contributed by atoms with Crippen LogP contribution in [0.4, 0.5) is 5.13 Å². The number of piperidine rings is 1. The van der Waals surface area contributed by atoms with Gasteiger partial charge in [-0.2, -0.15) is 5.26 Å². The molecule has 0 radical (unpaired) electrons. The zero-order valence-corrected chi connectivity index (χ0v) is 18.3. The molecule has 1 fully saturated rings. The Hall–Kier alpha value is -3.54. The number of hydrogen-bond donors (Lipinski definition) is 2. The Morgan fingerprint density at radius 2 is 1.88 bits per heavy atom. The third kappa shape index (κ3) is 5.58. The first-order chi connectivity index (χ1) is 15.6. The Balaban J connectivity index is 1.27. The molecular formula is C24H23N5O2S. The highest BCUT2D eigenvalue weighted by molar-refractivity contribution is 7.14. The second-order valence-corrected chi connectivity index (χ2v) is 8.55. The van der Waals surface area contributed by atoms with Crippen molar-refractivity contribution in [3.05, 3.63) is 82.4 Å². The van der Waals surface area contributed by atoms with Crippen LogP contribution in [0.1, 0.15) is 44.8 Å². The average molecular weight is 446 g/mol. The zero-order valence-electron chi connectivity index (χ0n) is 17.5. The second-order valence-electron chi connectivity index (χ2n) is 7.69. The van der Waals surface area contributed by atoms with E-state index in [0.717, 1.165) is 32.5 Å². The van der Waals surface area contributed by atoms with Gasteiger partial charge in [-0.3, -0.25) is 19.8 Å². The summed E-state index contributed by atoms with van der Waals surface area (Å²) in [4.78, 5) is 31.6. The Morgan fingerprint density at radius 3 is 2.62 bits per heavy atom. The number of amides is 2. The van der Waals surface area contributed by atoms with Crippen LogP contribution in [-0.2, 0) is 6.54 Å². The van der Waals surface area contributed by atoms with Crippen molar-refractivity contribution in [1.29, 1.82) is 5.26 Å². The predicted molar refractivity (Wildman–Crippen MR) is 123 cm³/mol. The second kappa shape index (κ2) is 10.2. The summed E-state index contributed by atoms with van der Waals surface area (Å²) >= 11 is 1.20. The number of benzene rings is 2. The summed E-state index contributed by atoms with van der Waals surface area (Å²) in [5.41, 5.74) is 2.37. The molecule has 2 heterocycles. The number of anilines is 1. The highest BCUT2D eigenvalue weighted by atomic mass is 32.1. The maximum Gasteiger partial charge on any atom is 0.271 e. The molecule has 0 bridgehead atoms. The maximum absolute atomic E-state index is 12.6. The van der Waals surface area contributed by atoms with Crippen LogP contribution in [-0.4, -0.2) is 40.8 Å². The van der Waals surface area contributed by atoms with Crippen molar-refractivity contribution in [1.82, 2.24) is 15.2 Å². The van der Waals surface area contributed by atoms with Crippen LogP contribution in [0.3, 0.4) is 0 Å². The van der Waals surface area contributed by atoms with Gasteiger partial charge < -0.3 is 5.32 Å². The summed E-state index contributed by atoms with van der Waals surface area (Å²) in [6, 6.07) is 18.9. The monoisotopic (exact) mass is 445 g/mol. The third-order valence-electron chi connectivity index (χ3n) is 5.38. The summed E-state index contributed by atoms with van der Waals surface area (Å²) in [6.45, 7) is 2.79. The number of aromatic nitrogens is 1. The Labute approximate surface area is 190 Å². The van der Waals surface area contributed by atoms with Gasteiger partial charge >= 0.3 is 0 Å². The molecule has 0 unspecified atom stereocenters. The van der Waals surface area contributed by atoms with Crippen LogP contribution in [0.15, 0.2) is 60.0 Å². The number of nitriles is 1. The molecule has 1 aliphatic rings. The molecule has 1 aliphatic heterocycles. The van der Waals surface area contributed by atoms with E-state index in [2.05, 4.69) is 44.8 Å². The number of hydrogen-bond acceptors (Lipinski definition) is 6. The molecule has 0 aliphatic carbocycles. The van der Waals surface area contributed by atoms with E-state index in [1.54, 1.807) is 23.6 Å². The van der Waals surface area contributed by atoms with Gasteiger partial charge in [0.25, 0.3) is 11.8 Å². The fourth-order valence-electron chi connectivity index (χ4n) is 3.67. The highest BCUT2D eigenvalue weighted by Gasteiger charge is 2.22. The number of carbonyl (C=O) groups is 2. The molecule has 7 nitrogen and oxygen atoms in total. The molecule has 4 rings (SSSR count). The minimum Gasteiger partial charge on any atom is -0.348 e. The van der Waals surface area contributed by atoms with E-state index in [1.807, 2.05) is 12.1 Å². The lowest BCUT2D eigenvalue weighted by Gasteiger charge is -2.32. The summed E-state index contributed by atoms with van der Waals surface area (Å²) in [5.74, 6) is -0.594. The lowest BCUT2D eigenvalue weighted by atomic mass is 10.0. The van der Waals surface area contributed by atoms with Gasteiger partial charge in [-0.05, 0) is 36.6 Å². The Morgan fingerprint density at radius 1 is 1.09 bits per heavy atom. The van der Waals surface area contributed by atoms with E-state index in [9.17, 15) is 9.59 Å². The molecule has 162 valence electrons. The molecule has 0 spiro atoms. The lowest BCUT2D eigenvalue weighted by Crippen LogP contribution is -2.44. The van der Waals surface area contributed by atoms with Crippen molar-refractivity contribution < 1.29 is 9.59 Å². The van der Waals surface area contributed by atoms with Gasteiger partial charge in [-0.15, -0.1) is 11.3 Å². The van der Waals surface area contributed by atoms with Crippen molar-refractivity contribution in [3.8, 4) is 6.07 Å². The van der Waals surface area contributed by atoms with Crippen LogP contribution in [0.2, 0.25) is 0 Å². The largest absolute Gasteiger partial charge is 0.348 e. The van der Waals surface area contributed by atoms with Gasteiger partial charge in [0, 0.05) is 36.6 Å². The molecule has 8 heteroatoms. The van der Waals surface area contributed by atoms with Gasteiger partial charge in [0.1, 0.15) is 5.69 Å². The normalized spacial score (nSPS) is 14.5. The summed E-state index contributed by atoms with van der Waals surface area (Å²) < 4.78 is 0. The molecule has 1 saturated heterocycles. The van der Waals surface area contributed by atoms with Crippen LogP contribution in [0.5, 0.6) is 0 Å². The number of rotatable bonds is 6. The van der Waals surface area contributed by atoms with Gasteiger partial charge in [-0.1, -0.05) is 36.4 Å². The highest BCUT2D eigenvalue weighted by Crippen LogP contribution is 2.18. The number of thiazole rings is 1. The Kier molecular flexibility index (Phi) is 6.90. The lowest BCUT2D eigenvalue weighted by molar-refractivity contribution is 0.0903. The first-order valence-corrected chi connectivity index (χ1v) is 11.3. The quantitative estimate of drug-likeness (QED) is 0.603. The third-order valence-corrected chi connectivity index (χ3v) is 6.14. The molecule has 3 aromatic rings. The number of nitrogens with one attached hydrogen (secondary N) is 2. The topological polar surface area (TPSA) is 98.1 Å². The van der Waals surface area contributed by atoms with Crippen molar-refractivity contribution in [2.45, 2.75) is 25.4 Å². The molecule has 0 atom stereocenters. The van der Waals surface area contributed by atoms with Gasteiger partial charge in [-0.25, -0.2) is 4.98 Å². The van der Waals surface area contributed by atoms with Crippen molar-refractivity contribution in [3.63, 3.8) is 0 Å². The van der Waals surface area contributed by atoms with E-state index in [4.69, 9.17) is 5.26 Å². The summed E-state index contributed by atoms with van der Waals surface area (Å²) in [7, 11) is 0. The molecule has 32 heavy (non-hydrogen) atoms. The van der Waals surface area contributed by atoms with E-state index < -0.39 is 0 Å². The summed E-state index contributed by atoms with van der Waals surface area (Å²) in [5, 5.41) is 16.7. The van der Waals surface area contributed by atoms with Crippen LogP contribution in [0, 0.1) is 11.3 Å². The zero-order chi connectivity index (χ0) is 22.3. The standard InChI is InChI=1S/C24H23N5O2S/c25-14-18-7-4-8-19(13-18)22(30)28-24-27-21(16-32-24)23(31)26-20-9-11-29(12-10-20)15-17-5-2-1-3-6-17/h1-8,13,16,20H,9-12,15H2,(H,26,31)(H,27,28,30). The van der Waals surface area contributed by atoms with E-state index >= 15 is 0 Å². The van der Waals surface area contributed by atoms with Crippen LogP contribution >= 0.6 is 11.3 Å². The fourth-order valence-corrected chi connectivity index (χ4v) is 4.36. The van der Waals surface area contributed by atoms with Crippen LogP contribution < -0.4 is 10.6 Å². The average Bonchev–Trinajstić information content (AvgIpc) is 3.30. The van der Waals surface area contributed by atoms with E-state index in [1.165, 1.54) is 23.0 Å². The van der Waals surface area contributed by atoms with Gasteiger partial charge in [0.15, 0.2) is 5.13 Å². The van der Waals surface area contributed by atoms with Crippen LogP contribution in [0.25, 0.3) is 0 Å². The molecule has 0 saturated carbocycles. The molecule has 2 N–H and O–H groups in total. The van der Waals surface area contributed by atoms with Crippen molar-refractivity contribution in [2.24, 2.45) is 0 Å². The fraction of sp³-hybridized carbons (Fsp3) is 0.250. The maximum atomic E-state index is 12.6. The first-order valence-electron chi connectivity index (χ1n) is 10.4. The number of likely N-dealkylation sites (tertiary alicyclic amines) is 1. The SMILES string of the molecule is N#Cc1cccc(C(=O)Nc2nc(C(=O)NC3CCN(Cc4ccccc4)CC3)cs2)c1. The van der Waals surface area contributed by atoms with Crippen molar-refractivity contribution >= 4 is 28.3 Å². The molecular weight excluding hydrogens is 422 g/mol. The van der Waals surface area contributed by atoms with E-state index in [-0.39, 0.29) is 17.9 Å². The smallest absolute Gasteiger partial charge is 0.271 e. The van der Waals surface area contributed by atoms with E-state index in [0.29, 0.717) is 22.0 Å². The number of nitrogens with zero attached hydrogens (tertiary/aromatic N) is 3.